The first-order chi connectivity index (χ1) is 11.1. The Morgan fingerprint density at radius 1 is 1.17 bits per heavy atom. The van der Waals surface area contributed by atoms with Gasteiger partial charge in [-0.3, -0.25) is 0 Å². The molecule has 0 aromatic carbocycles. The molecule has 1 aromatic rings. The Morgan fingerprint density at radius 2 is 1.96 bits per heavy atom. The number of carbonyl (C=O) groups is 1. The number of amides is 2. The molecule has 3 rings (SSSR count). The SMILES string of the molecule is CN1CCN(C(=O)N2CCCCC2CCc2nccn2C)CC1. The van der Waals surface area contributed by atoms with Crippen molar-refractivity contribution in [2.45, 2.75) is 38.1 Å². The van der Waals surface area contributed by atoms with Crippen molar-refractivity contribution >= 4 is 6.03 Å². The highest BCUT2D eigenvalue weighted by atomic mass is 16.2. The van der Waals surface area contributed by atoms with Crippen LogP contribution in [-0.4, -0.2) is 76.1 Å². The number of hydrogen-bond donors (Lipinski definition) is 0. The van der Waals surface area contributed by atoms with E-state index in [1.54, 1.807) is 0 Å². The van der Waals surface area contributed by atoms with Crippen LogP contribution in [0.5, 0.6) is 0 Å². The normalized spacial score (nSPS) is 23.3. The number of urea groups is 1. The molecule has 2 amide bonds. The van der Waals surface area contributed by atoms with Crippen LogP contribution < -0.4 is 0 Å². The molecule has 2 aliphatic rings. The van der Waals surface area contributed by atoms with E-state index in [2.05, 4.69) is 26.4 Å². The number of piperazine rings is 1. The van der Waals surface area contributed by atoms with E-state index in [-0.39, 0.29) is 6.03 Å². The zero-order valence-corrected chi connectivity index (χ0v) is 14.4. The van der Waals surface area contributed by atoms with Gasteiger partial charge in [0.25, 0.3) is 0 Å². The van der Waals surface area contributed by atoms with Gasteiger partial charge in [0, 0.05) is 64.6 Å². The van der Waals surface area contributed by atoms with Crippen molar-refractivity contribution < 1.29 is 4.79 Å². The minimum atomic E-state index is 0.252. The summed E-state index contributed by atoms with van der Waals surface area (Å²) in [4.78, 5) is 23.8. The third kappa shape index (κ3) is 3.86. The van der Waals surface area contributed by atoms with E-state index in [1.165, 1.54) is 6.42 Å². The molecule has 0 bridgehead atoms. The number of aromatic nitrogens is 2. The van der Waals surface area contributed by atoms with Crippen LogP contribution in [-0.2, 0) is 13.5 Å². The topological polar surface area (TPSA) is 44.6 Å². The smallest absolute Gasteiger partial charge is 0.320 e. The van der Waals surface area contributed by atoms with Gasteiger partial charge in [-0.15, -0.1) is 0 Å². The maximum atomic E-state index is 12.9. The van der Waals surface area contributed by atoms with Gasteiger partial charge in [-0.1, -0.05) is 0 Å². The van der Waals surface area contributed by atoms with Gasteiger partial charge in [-0.05, 0) is 32.7 Å². The summed E-state index contributed by atoms with van der Waals surface area (Å²) in [6.07, 6.45) is 9.30. The van der Waals surface area contributed by atoms with Crippen LogP contribution in [0.15, 0.2) is 12.4 Å². The Morgan fingerprint density at radius 3 is 2.65 bits per heavy atom. The second kappa shape index (κ2) is 7.34. The number of likely N-dealkylation sites (N-methyl/N-ethyl adjacent to an activating group) is 1. The van der Waals surface area contributed by atoms with Crippen LogP contribution in [0.2, 0.25) is 0 Å². The lowest BCUT2D eigenvalue weighted by Crippen LogP contribution is -2.55. The number of aryl methyl sites for hydroxylation is 2. The fourth-order valence-electron chi connectivity index (χ4n) is 3.67. The molecule has 3 heterocycles. The van der Waals surface area contributed by atoms with Gasteiger partial charge in [0.2, 0.25) is 0 Å². The van der Waals surface area contributed by atoms with Gasteiger partial charge in [-0.2, -0.15) is 0 Å². The highest BCUT2D eigenvalue weighted by Gasteiger charge is 2.31. The Labute approximate surface area is 139 Å². The van der Waals surface area contributed by atoms with Crippen LogP contribution in [0, 0.1) is 0 Å². The Hall–Kier alpha value is -1.56. The summed E-state index contributed by atoms with van der Waals surface area (Å²) in [5.41, 5.74) is 0. The Kier molecular flexibility index (Phi) is 5.20. The van der Waals surface area contributed by atoms with Gasteiger partial charge in [0.05, 0.1) is 0 Å². The fraction of sp³-hybridized carbons (Fsp3) is 0.765. The third-order valence-electron chi connectivity index (χ3n) is 5.27. The maximum Gasteiger partial charge on any atom is 0.320 e. The van der Waals surface area contributed by atoms with Crippen molar-refractivity contribution in [2.75, 3.05) is 39.8 Å². The van der Waals surface area contributed by atoms with Crippen LogP contribution >= 0.6 is 0 Å². The Bertz CT molecular complexity index is 521. The van der Waals surface area contributed by atoms with Gasteiger partial charge < -0.3 is 19.3 Å². The zero-order valence-electron chi connectivity index (χ0n) is 14.4. The highest BCUT2D eigenvalue weighted by Crippen LogP contribution is 2.23. The molecule has 0 N–H and O–H groups in total. The highest BCUT2D eigenvalue weighted by molar-refractivity contribution is 5.75. The van der Waals surface area contributed by atoms with E-state index in [0.717, 1.165) is 64.2 Å². The molecule has 2 fully saturated rings. The van der Waals surface area contributed by atoms with Crippen molar-refractivity contribution in [2.24, 2.45) is 7.05 Å². The largest absolute Gasteiger partial charge is 0.338 e. The van der Waals surface area contributed by atoms with Crippen molar-refractivity contribution in [3.63, 3.8) is 0 Å². The van der Waals surface area contributed by atoms with E-state index in [1.807, 2.05) is 24.3 Å². The van der Waals surface area contributed by atoms with Gasteiger partial charge in [0.1, 0.15) is 5.82 Å². The molecule has 2 saturated heterocycles. The van der Waals surface area contributed by atoms with Crippen molar-refractivity contribution in [1.82, 2.24) is 24.3 Å². The summed E-state index contributed by atoms with van der Waals surface area (Å²) >= 11 is 0. The van der Waals surface area contributed by atoms with E-state index >= 15 is 0 Å². The molecule has 0 radical (unpaired) electrons. The molecule has 0 saturated carbocycles. The number of carbonyl (C=O) groups excluding carboxylic acids is 1. The second-order valence-electron chi connectivity index (χ2n) is 6.91. The van der Waals surface area contributed by atoms with Crippen molar-refractivity contribution in [3.05, 3.63) is 18.2 Å². The number of imidazole rings is 1. The van der Waals surface area contributed by atoms with E-state index < -0.39 is 0 Å². The lowest BCUT2D eigenvalue weighted by molar-refractivity contribution is 0.0926. The molecule has 6 heteroatoms. The van der Waals surface area contributed by atoms with Crippen LogP contribution in [0.3, 0.4) is 0 Å². The summed E-state index contributed by atoms with van der Waals surface area (Å²) in [6.45, 7) is 4.60. The first kappa shape index (κ1) is 16.3. The van der Waals surface area contributed by atoms with Gasteiger partial charge in [-0.25, -0.2) is 9.78 Å². The fourth-order valence-corrected chi connectivity index (χ4v) is 3.67. The molecular formula is C17H29N5O. The molecule has 23 heavy (non-hydrogen) atoms. The number of likely N-dealkylation sites (tertiary alicyclic amines) is 1. The lowest BCUT2D eigenvalue weighted by atomic mass is 9.98. The Balaban J connectivity index is 1.59. The predicted octanol–water partition coefficient (Wildman–Crippen LogP) is 1.57. The van der Waals surface area contributed by atoms with Crippen molar-refractivity contribution in [1.29, 1.82) is 0 Å². The summed E-state index contributed by atoms with van der Waals surface area (Å²) in [5, 5.41) is 0. The predicted molar refractivity (Wildman–Crippen MR) is 90.3 cm³/mol. The number of hydrogen-bond acceptors (Lipinski definition) is 3. The van der Waals surface area contributed by atoms with Gasteiger partial charge >= 0.3 is 6.03 Å². The standard InChI is InChI=1S/C17H29N5O/c1-19-11-13-21(14-12-19)17(23)22-9-4-3-5-15(22)6-7-16-18-8-10-20(16)2/h8,10,15H,3-7,9,11-14H2,1-2H3. The lowest BCUT2D eigenvalue weighted by Gasteiger charge is -2.41. The average molecular weight is 319 g/mol. The minimum absolute atomic E-state index is 0.252. The van der Waals surface area contributed by atoms with Crippen LogP contribution in [0.4, 0.5) is 4.79 Å². The maximum absolute atomic E-state index is 12.9. The zero-order chi connectivity index (χ0) is 16.2. The number of nitrogens with zero attached hydrogens (tertiary/aromatic N) is 5. The van der Waals surface area contributed by atoms with Crippen molar-refractivity contribution in [3.8, 4) is 0 Å². The molecule has 128 valence electrons. The molecule has 1 atom stereocenters. The van der Waals surface area contributed by atoms with E-state index in [9.17, 15) is 4.79 Å². The quantitative estimate of drug-likeness (QED) is 0.849. The molecule has 1 unspecified atom stereocenters. The average Bonchev–Trinajstić information content (AvgIpc) is 2.98. The monoisotopic (exact) mass is 319 g/mol. The summed E-state index contributed by atoms with van der Waals surface area (Å²) in [6, 6.07) is 0.621. The first-order valence-corrected chi connectivity index (χ1v) is 8.85. The molecule has 1 aromatic heterocycles. The molecule has 0 spiro atoms. The second-order valence-corrected chi connectivity index (χ2v) is 6.91. The molecule has 0 aliphatic carbocycles. The first-order valence-electron chi connectivity index (χ1n) is 8.85. The number of piperidine rings is 1. The molecule has 6 nitrogen and oxygen atoms in total. The minimum Gasteiger partial charge on any atom is -0.338 e. The summed E-state index contributed by atoms with van der Waals surface area (Å²) < 4.78 is 2.08. The van der Waals surface area contributed by atoms with Gasteiger partial charge in [0.15, 0.2) is 0 Å². The molecule has 2 aliphatic heterocycles. The third-order valence-corrected chi connectivity index (χ3v) is 5.27. The van der Waals surface area contributed by atoms with E-state index in [0.29, 0.717) is 6.04 Å². The summed E-state index contributed by atoms with van der Waals surface area (Å²) in [5.74, 6) is 1.11. The molecular weight excluding hydrogens is 290 g/mol. The van der Waals surface area contributed by atoms with Crippen LogP contribution in [0.25, 0.3) is 0 Å². The van der Waals surface area contributed by atoms with E-state index in [4.69, 9.17) is 0 Å². The summed E-state index contributed by atoms with van der Waals surface area (Å²) in [7, 11) is 4.16. The number of rotatable bonds is 3. The van der Waals surface area contributed by atoms with Crippen LogP contribution in [0.1, 0.15) is 31.5 Å².